The van der Waals surface area contributed by atoms with E-state index in [4.69, 9.17) is 0 Å². The molecular formula is C10H19N3. The van der Waals surface area contributed by atoms with E-state index in [2.05, 4.69) is 28.9 Å². The first kappa shape index (κ1) is 10.3. The second-order valence-electron chi connectivity index (χ2n) is 3.43. The molecule has 0 aliphatic carbocycles. The topological polar surface area (TPSA) is 29.9 Å². The van der Waals surface area contributed by atoms with Gasteiger partial charge in [0.15, 0.2) is 0 Å². The van der Waals surface area contributed by atoms with Crippen LogP contribution >= 0.6 is 0 Å². The summed E-state index contributed by atoms with van der Waals surface area (Å²) < 4.78 is 2.05. The van der Waals surface area contributed by atoms with Crippen molar-refractivity contribution in [1.82, 2.24) is 15.1 Å². The van der Waals surface area contributed by atoms with Crippen molar-refractivity contribution in [2.24, 2.45) is 0 Å². The van der Waals surface area contributed by atoms with E-state index in [0.29, 0.717) is 6.04 Å². The fourth-order valence-electron chi connectivity index (χ4n) is 1.47. The molecule has 13 heavy (non-hydrogen) atoms. The Balaban J connectivity index is 2.51. The summed E-state index contributed by atoms with van der Waals surface area (Å²) in [5.74, 6) is 0. The van der Waals surface area contributed by atoms with E-state index in [1.807, 2.05) is 19.3 Å². The van der Waals surface area contributed by atoms with Crippen LogP contribution in [0.15, 0.2) is 12.3 Å². The van der Waals surface area contributed by atoms with Gasteiger partial charge >= 0.3 is 0 Å². The lowest BCUT2D eigenvalue weighted by atomic mass is 10.2. The summed E-state index contributed by atoms with van der Waals surface area (Å²) >= 11 is 0. The lowest BCUT2D eigenvalue weighted by Crippen LogP contribution is -2.30. The Bertz CT molecular complexity index is 242. The van der Waals surface area contributed by atoms with E-state index in [-0.39, 0.29) is 0 Å². The van der Waals surface area contributed by atoms with Crippen LogP contribution in [0.5, 0.6) is 0 Å². The predicted octanol–water partition coefficient (Wildman–Crippen LogP) is 1.58. The summed E-state index contributed by atoms with van der Waals surface area (Å²) in [5, 5.41) is 7.57. The fourth-order valence-corrected chi connectivity index (χ4v) is 1.47. The van der Waals surface area contributed by atoms with Gasteiger partial charge in [0.05, 0.1) is 6.54 Å². The van der Waals surface area contributed by atoms with Crippen molar-refractivity contribution in [3.05, 3.63) is 18.0 Å². The molecule has 3 nitrogen and oxygen atoms in total. The molecule has 1 rings (SSSR count). The molecule has 1 aromatic heterocycles. The summed E-state index contributed by atoms with van der Waals surface area (Å²) in [6.07, 6.45) is 4.27. The number of nitrogens with zero attached hydrogens (tertiary/aromatic N) is 2. The van der Waals surface area contributed by atoms with Gasteiger partial charge in [0.2, 0.25) is 0 Å². The van der Waals surface area contributed by atoms with E-state index < -0.39 is 0 Å². The first-order valence-electron chi connectivity index (χ1n) is 4.93. The van der Waals surface area contributed by atoms with E-state index >= 15 is 0 Å². The smallest absolute Gasteiger partial charge is 0.0565 e. The summed E-state index contributed by atoms with van der Waals surface area (Å²) in [6.45, 7) is 5.27. The first-order valence-corrected chi connectivity index (χ1v) is 4.93. The Kier molecular flexibility index (Phi) is 3.96. The zero-order valence-corrected chi connectivity index (χ0v) is 8.75. The van der Waals surface area contributed by atoms with Crippen LogP contribution in [0, 0.1) is 6.92 Å². The number of rotatable bonds is 5. The Hall–Kier alpha value is -0.830. The molecule has 0 fully saturated rings. The summed E-state index contributed by atoms with van der Waals surface area (Å²) in [7, 11) is 2.01. The van der Waals surface area contributed by atoms with Crippen molar-refractivity contribution in [2.45, 2.75) is 39.3 Å². The van der Waals surface area contributed by atoms with E-state index in [1.54, 1.807) is 0 Å². The van der Waals surface area contributed by atoms with Gasteiger partial charge in [-0.3, -0.25) is 4.68 Å². The van der Waals surface area contributed by atoms with Gasteiger partial charge in [-0.15, -0.1) is 0 Å². The van der Waals surface area contributed by atoms with Crippen LogP contribution in [0.25, 0.3) is 0 Å². The third kappa shape index (κ3) is 2.84. The van der Waals surface area contributed by atoms with Gasteiger partial charge in [-0.1, -0.05) is 13.3 Å². The first-order chi connectivity index (χ1) is 6.27. The van der Waals surface area contributed by atoms with Crippen LogP contribution in [-0.4, -0.2) is 22.9 Å². The molecule has 0 saturated carbocycles. The highest BCUT2D eigenvalue weighted by molar-refractivity contribution is 4.96. The molecule has 74 valence electrons. The van der Waals surface area contributed by atoms with Gasteiger partial charge in [0.25, 0.3) is 0 Å². The third-order valence-corrected chi connectivity index (χ3v) is 2.37. The molecule has 1 heterocycles. The van der Waals surface area contributed by atoms with E-state index in [9.17, 15) is 0 Å². The molecule has 0 amide bonds. The average molecular weight is 181 g/mol. The van der Waals surface area contributed by atoms with Gasteiger partial charge in [0, 0.05) is 17.9 Å². The van der Waals surface area contributed by atoms with Crippen LogP contribution in [0.3, 0.4) is 0 Å². The largest absolute Gasteiger partial charge is 0.315 e. The molecule has 0 saturated heterocycles. The SMILES string of the molecule is CCCC(Cn1nccc1C)NC. The summed E-state index contributed by atoms with van der Waals surface area (Å²) in [5.41, 5.74) is 1.23. The highest BCUT2D eigenvalue weighted by Gasteiger charge is 2.06. The van der Waals surface area contributed by atoms with E-state index in [1.165, 1.54) is 18.5 Å². The minimum atomic E-state index is 0.545. The minimum absolute atomic E-state index is 0.545. The molecule has 1 N–H and O–H groups in total. The number of likely N-dealkylation sites (N-methyl/N-ethyl adjacent to an activating group) is 1. The summed E-state index contributed by atoms with van der Waals surface area (Å²) in [6, 6.07) is 2.59. The van der Waals surface area contributed by atoms with E-state index in [0.717, 1.165) is 6.54 Å². The average Bonchev–Trinajstić information content (AvgIpc) is 2.51. The molecule has 0 bridgehead atoms. The Labute approximate surface area is 80.1 Å². The quantitative estimate of drug-likeness (QED) is 0.747. The lowest BCUT2D eigenvalue weighted by molar-refractivity contribution is 0.421. The summed E-state index contributed by atoms with van der Waals surface area (Å²) in [4.78, 5) is 0. The highest BCUT2D eigenvalue weighted by Crippen LogP contribution is 2.02. The van der Waals surface area contributed by atoms with Crippen molar-refractivity contribution in [3.63, 3.8) is 0 Å². The number of aryl methyl sites for hydroxylation is 1. The zero-order valence-electron chi connectivity index (χ0n) is 8.75. The van der Waals surface area contributed by atoms with Crippen LogP contribution < -0.4 is 5.32 Å². The standard InChI is InChI=1S/C10H19N3/c1-4-5-10(11-3)8-13-9(2)6-7-12-13/h6-7,10-11H,4-5,8H2,1-3H3. The molecule has 0 spiro atoms. The molecule has 0 aromatic carbocycles. The van der Waals surface area contributed by atoms with Gasteiger partial charge in [-0.2, -0.15) is 5.10 Å². The molecule has 1 aromatic rings. The van der Waals surface area contributed by atoms with Crippen LogP contribution in [0.2, 0.25) is 0 Å². The fraction of sp³-hybridized carbons (Fsp3) is 0.700. The molecule has 0 aliphatic rings. The van der Waals surface area contributed by atoms with Crippen molar-refractivity contribution in [3.8, 4) is 0 Å². The maximum atomic E-state index is 4.26. The van der Waals surface area contributed by atoms with Crippen LogP contribution in [0.4, 0.5) is 0 Å². The molecule has 3 heteroatoms. The van der Waals surface area contributed by atoms with Crippen molar-refractivity contribution < 1.29 is 0 Å². The highest BCUT2D eigenvalue weighted by atomic mass is 15.3. The maximum absolute atomic E-state index is 4.26. The Morgan fingerprint density at radius 2 is 2.38 bits per heavy atom. The molecule has 1 atom stereocenters. The molecular weight excluding hydrogens is 162 g/mol. The molecule has 0 radical (unpaired) electrons. The number of nitrogens with one attached hydrogen (secondary N) is 1. The number of hydrogen-bond acceptors (Lipinski definition) is 2. The Morgan fingerprint density at radius 3 is 2.85 bits per heavy atom. The molecule has 1 unspecified atom stereocenters. The normalized spacial score (nSPS) is 13.2. The maximum Gasteiger partial charge on any atom is 0.0565 e. The van der Waals surface area contributed by atoms with Gasteiger partial charge in [-0.05, 0) is 26.5 Å². The molecule has 0 aliphatic heterocycles. The number of aromatic nitrogens is 2. The zero-order chi connectivity index (χ0) is 9.68. The van der Waals surface area contributed by atoms with Gasteiger partial charge in [-0.25, -0.2) is 0 Å². The lowest BCUT2D eigenvalue weighted by Gasteiger charge is -2.15. The predicted molar refractivity (Wildman–Crippen MR) is 54.7 cm³/mol. The van der Waals surface area contributed by atoms with Crippen LogP contribution in [-0.2, 0) is 6.54 Å². The van der Waals surface area contributed by atoms with Crippen molar-refractivity contribution >= 4 is 0 Å². The number of hydrogen-bond donors (Lipinski definition) is 1. The monoisotopic (exact) mass is 181 g/mol. The Morgan fingerprint density at radius 1 is 1.62 bits per heavy atom. The second-order valence-corrected chi connectivity index (χ2v) is 3.43. The van der Waals surface area contributed by atoms with Gasteiger partial charge in [0.1, 0.15) is 0 Å². The third-order valence-electron chi connectivity index (χ3n) is 2.37. The van der Waals surface area contributed by atoms with Crippen molar-refractivity contribution in [1.29, 1.82) is 0 Å². The van der Waals surface area contributed by atoms with Gasteiger partial charge < -0.3 is 5.32 Å². The van der Waals surface area contributed by atoms with Crippen molar-refractivity contribution in [2.75, 3.05) is 7.05 Å². The van der Waals surface area contributed by atoms with Crippen LogP contribution in [0.1, 0.15) is 25.5 Å². The second kappa shape index (κ2) is 5.02. The minimum Gasteiger partial charge on any atom is -0.315 e.